The maximum absolute atomic E-state index is 13.3. The third-order valence-corrected chi connectivity index (χ3v) is 3.77. The van der Waals surface area contributed by atoms with Crippen LogP contribution in [0.3, 0.4) is 0 Å². The number of rotatable bonds is 1. The van der Waals surface area contributed by atoms with Crippen LogP contribution in [0.5, 0.6) is 5.75 Å². The summed E-state index contributed by atoms with van der Waals surface area (Å²) in [5.74, 6) is 0.526. The Hall–Kier alpha value is -2.04. The number of carbonyl (C=O) groups excluding carboxylic acids is 1. The smallest absolute Gasteiger partial charge is 0.410 e. The summed E-state index contributed by atoms with van der Waals surface area (Å²) in [4.78, 5) is 13.7. The molecule has 118 valence electrons. The molecule has 22 heavy (non-hydrogen) atoms. The second-order valence-corrected chi connectivity index (χ2v) is 6.69. The van der Waals surface area contributed by atoms with Gasteiger partial charge in [-0.05, 0) is 44.6 Å². The van der Waals surface area contributed by atoms with E-state index in [1.807, 2.05) is 26.8 Å². The Bertz CT molecular complexity index is 627. The van der Waals surface area contributed by atoms with Gasteiger partial charge in [-0.25, -0.2) is 9.18 Å². The molecule has 1 aromatic carbocycles. The molecule has 0 radical (unpaired) electrons. The maximum atomic E-state index is 13.3. The average Bonchev–Trinajstić information content (AvgIpc) is 2.34. The zero-order chi connectivity index (χ0) is 15.9. The summed E-state index contributed by atoms with van der Waals surface area (Å²) >= 11 is 0. The van der Waals surface area contributed by atoms with E-state index in [9.17, 15) is 9.18 Å². The zero-order valence-electron chi connectivity index (χ0n) is 13.1. The predicted octanol–water partition coefficient (Wildman–Crippen LogP) is 3.47. The first-order valence-electron chi connectivity index (χ1n) is 7.44. The van der Waals surface area contributed by atoms with Crippen LogP contribution in [0, 0.1) is 11.7 Å². The molecule has 5 heteroatoms. The van der Waals surface area contributed by atoms with Crippen LogP contribution in [0.25, 0.3) is 5.57 Å². The van der Waals surface area contributed by atoms with E-state index in [2.05, 4.69) is 0 Å². The molecule has 1 fully saturated rings. The summed E-state index contributed by atoms with van der Waals surface area (Å²) in [5, 5.41) is 0. The van der Waals surface area contributed by atoms with E-state index in [4.69, 9.17) is 9.47 Å². The number of hydrogen-bond donors (Lipinski definition) is 0. The first-order valence-corrected chi connectivity index (χ1v) is 7.44. The van der Waals surface area contributed by atoms with Gasteiger partial charge in [-0.15, -0.1) is 0 Å². The highest BCUT2D eigenvalue weighted by Gasteiger charge is 2.37. The SMILES string of the molecule is CC(C)(C)OC(=O)N1CC(C2=CCOc3cc(F)ccc32)C1. The van der Waals surface area contributed by atoms with Gasteiger partial charge in [-0.2, -0.15) is 0 Å². The predicted molar refractivity (Wildman–Crippen MR) is 81.2 cm³/mol. The van der Waals surface area contributed by atoms with Gasteiger partial charge in [0, 0.05) is 30.6 Å². The fourth-order valence-electron chi connectivity index (χ4n) is 2.72. The minimum absolute atomic E-state index is 0.251. The number of ether oxygens (including phenoxy) is 2. The molecule has 0 atom stereocenters. The number of benzene rings is 1. The van der Waals surface area contributed by atoms with E-state index in [1.165, 1.54) is 12.1 Å². The number of hydrogen-bond acceptors (Lipinski definition) is 3. The second kappa shape index (κ2) is 5.30. The van der Waals surface area contributed by atoms with Crippen molar-refractivity contribution < 1.29 is 18.7 Å². The largest absolute Gasteiger partial charge is 0.489 e. The van der Waals surface area contributed by atoms with Crippen molar-refractivity contribution in [3.8, 4) is 5.75 Å². The van der Waals surface area contributed by atoms with Crippen molar-refractivity contribution in [1.29, 1.82) is 0 Å². The van der Waals surface area contributed by atoms with E-state index in [0.29, 0.717) is 25.4 Å². The topological polar surface area (TPSA) is 38.8 Å². The molecular formula is C17H20FNO3. The summed E-state index contributed by atoms with van der Waals surface area (Å²) in [6, 6.07) is 4.59. The molecule has 0 N–H and O–H groups in total. The number of nitrogens with zero attached hydrogens (tertiary/aromatic N) is 1. The Kier molecular flexibility index (Phi) is 3.59. The normalized spacial score (nSPS) is 18.0. The Balaban J connectivity index is 1.67. The maximum Gasteiger partial charge on any atom is 0.410 e. The number of fused-ring (bicyclic) bond motifs is 1. The molecule has 1 aromatic rings. The molecule has 2 aliphatic heterocycles. The van der Waals surface area contributed by atoms with E-state index in [0.717, 1.165) is 11.1 Å². The van der Waals surface area contributed by atoms with Crippen LogP contribution in [-0.2, 0) is 4.74 Å². The van der Waals surface area contributed by atoms with Crippen LogP contribution in [0.15, 0.2) is 24.3 Å². The van der Waals surface area contributed by atoms with Crippen LogP contribution in [0.2, 0.25) is 0 Å². The standard InChI is InChI=1S/C17H20FNO3/c1-17(2,3)22-16(20)19-9-11(10-19)13-6-7-21-15-8-12(18)4-5-14(13)15/h4-6,8,11H,7,9-10H2,1-3H3. The van der Waals surface area contributed by atoms with Gasteiger partial charge < -0.3 is 14.4 Å². The minimum atomic E-state index is -0.482. The van der Waals surface area contributed by atoms with Gasteiger partial charge in [0.1, 0.15) is 23.8 Å². The molecule has 4 nitrogen and oxygen atoms in total. The van der Waals surface area contributed by atoms with Crippen molar-refractivity contribution in [2.75, 3.05) is 19.7 Å². The Labute approximate surface area is 129 Å². The number of amides is 1. The molecule has 0 unspecified atom stereocenters. The van der Waals surface area contributed by atoms with Crippen LogP contribution in [0.1, 0.15) is 26.3 Å². The molecule has 2 heterocycles. The van der Waals surface area contributed by atoms with Gasteiger partial charge in [0.25, 0.3) is 0 Å². The lowest BCUT2D eigenvalue weighted by Gasteiger charge is -2.41. The van der Waals surface area contributed by atoms with Crippen LogP contribution in [0.4, 0.5) is 9.18 Å². The lowest BCUT2D eigenvalue weighted by molar-refractivity contribution is 0.00591. The van der Waals surface area contributed by atoms with Crippen LogP contribution in [-0.4, -0.2) is 36.3 Å². The van der Waals surface area contributed by atoms with Crippen LogP contribution < -0.4 is 4.74 Å². The first-order chi connectivity index (χ1) is 10.3. The van der Waals surface area contributed by atoms with Crippen molar-refractivity contribution in [2.24, 2.45) is 5.92 Å². The first kappa shape index (κ1) is 14.9. The van der Waals surface area contributed by atoms with Gasteiger partial charge in [0.05, 0.1) is 0 Å². The third-order valence-electron chi connectivity index (χ3n) is 3.77. The van der Waals surface area contributed by atoms with E-state index >= 15 is 0 Å². The molecule has 0 aliphatic carbocycles. The minimum Gasteiger partial charge on any atom is -0.489 e. The quantitative estimate of drug-likeness (QED) is 0.797. The molecular weight excluding hydrogens is 285 g/mol. The Morgan fingerprint density at radius 1 is 1.36 bits per heavy atom. The molecule has 0 bridgehead atoms. The highest BCUT2D eigenvalue weighted by molar-refractivity contribution is 5.77. The third kappa shape index (κ3) is 2.93. The Morgan fingerprint density at radius 3 is 2.77 bits per heavy atom. The van der Waals surface area contributed by atoms with Crippen molar-refractivity contribution >= 4 is 11.7 Å². The van der Waals surface area contributed by atoms with Crippen molar-refractivity contribution in [1.82, 2.24) is 4.90 Å². The molecule has 0 aromatic heterocycles. The van der Waals surface area contributed by atoms with Gasteiger partial charge in [-0.3, -0.25) is 0 Å². The summed E-state index contributed by atoms with van der Waals surface area (Å²) in [5.41, 5.74) is 1.56. The number of halogens is 1. The highest BCUT2D eigenvalue weighted by Crippen LogP contribution is 2.38. The fraction of sp³-hybridized carbons (Fsp3) is 0.471. The lowest BCUT2D eigenvalue weighted by Crippen LogP contribution is -2.52. The second-order valence-electron chi connectivity index (χ2n) is 6.69. The van der Waals surface area contributed by atoms with Crippen LogP contribution >= 0.6 is 0 Å². The fourth-order valence-corrected chi connectivity index (χ4v) is 2.72. The van der Waals surface area contributed by atoms with Gasteiger partial charge in [0.2, 0.25) is 0 Å². The summed E-state index contributed by atoms with van der Waals surface area (Å²) in [6.07, 6.45) is 1.73. The van der Waals surface area contributed by atoms with E-state index in [1.54, 1.807) is 11.0 Å². The number of likely N-dealkylation sites (tertiary alicyclic amines) is 1. The summed E-state index contributed by atoms with van der Waals surface area (Å²) < 4.78 is 24.1. The van der Waals surface area contributed by atoms with Gasteiger partial charge in [0.15, 0.2) is 0 Å². The number of carbonyl (C=O) groups is 1. The van der Waals surface area contributed by atoms with E-state index < -0.39 is 5.60 Å². The van der Waals surface area contributed by atoms with E-state index in [-0.39, 0.29) is 17.8 Å². The van der Waals surface area contributed by atoms with Crippen molar-refractivity contribution in [2.45, 2.75) is 26.4 Å². The van der Waals surface area contributed by atoms with Gasteiger partial charge in [-0.1, -0.05) is 0 Å². The monoisotopic (exact) mass is 305 g/mol. The lowest BCUT2D eigenvalue weighted by atomic mass is 9.85. The Morgan fingerprint density at radius 2 is 2.09 bits per heavy atom. The summed E-state index contributed by atoms with van der Waals surface area (Å²) in [7, 11) is 0. The molecule has 1 amide bonds. The highest BCUT2D eigenvalue weighted by atomic mass is 19.1. The molecule has 0 saturated carbocycles. The molecule has 0 spiro atoms. The molecule has 1 saturated heterocycles. The van der Waals surface area contributed by atoms with Gasteiger partial charge >= 0.3 is 6.09 Å². The molecule has 2 aliphatic rings. The molecule has 3 rings (SSSR count). The zero-order valence-corrected chi connectivity index (χ0v) is 13.1. The van der Waals surface area contributed by atoms with Crippen molar-refractivity contribution in [3.63, 3.8) is 0 Å². The summed E-state index contributed by atoms with van der Waals surface area (Å²) in [6.45, 7) is 7.25. The average molecular weight is 305 g/mol. The van der Waals surface area contributed by atoms with Crippen molar-refractivity contribution in [3.05, 3.63) is 35.7 Å².